The van der Waals surface area contributed by atoms with Crippen molar-refractivity contribution in [3.8, 4) is 0 Å². The molecular weight excluding hydrogens is 489 g/mol. The molecule has 2 N–H and O–H groups in total. The molecule has 2 aromatic carbocycles. The highest BCUT2D eigenvalue weighted by molar-refractivity contribution is 14.0. The molecule has 0 aliphatic carbocycles. The summed E-state index contributed by atoms with van der Waals surface area (Å²) in [5.74, 6) is 1.42. The smallest absolute Gasteiger partial charge is 0.253 e. The van der Waals surface area contributed by atoms with Crippen molar-refractivity contribution in [3.63, 3.8) is 0 Å². The maximum absolute atomic E-state index is 12.0. The SMILES string of the molecule is CN=C(NCc1ccc(C(=O)N(C)C)cc1)NCC1CCN(c2ccccc2)C1.I. The molecule has 1 saturated heterocycles. The zero-order chi connectivity index (χ0) is 20.6. The molecule has 1 aliphatic rings. The van der Waals surface area contributed by atoms with Gasteiger partial charge < -0.3 is 20.4 Å². The molecule has 1 atom stereocenters. The Morgan fingerprint density at radius 2 is 1.80 bits per heavy atom. The summed E-state index contributed by atoms with van der Waals surface area (Å²) >= 11 is 0. The molecule has 1 aliphatic heterocycles. The van der Waals surface area contributed by atoms with E-state index in [2.05, 4.69) is 50.9 Å². The molecule has 0 saturated carbocycles. The molecule has 7 heteroatoms. The second kappa shape index (κ2) is 11.8. The Labute approximate surface area is 196 Å². The van der Waals surface area contributed by atoms with Crippen molar-refractivity contribution in [2.75, 3.05) is 45.7 Å². The third-order valence-corrected chi connectivity index (χ3v) is 5.26. The Balaban J connectivity index is 0.00000320. The van der Waals surface area contributed by atoms with E-state index in [9.17, 15) is 4.79 Å². The predicted octanol–water partition coefficient (Wildman–Crippen LogP) is 3.20. The van der Waals surface area contributed by atoms with E-state index in [4.69, 9.17) is 0 Å². The number of halogens is 1. The number of guanidine groups is 1. The number of hydrogen-bond acceptors (Lipinski definition) is 3. The minimum Gasteiger partial charge on any atom is -0.371 e. The van der Waals surface area contributed by atoms with Gasteiger partial charge in [0.1, 0.15) is 0 Å². The van der Waals surface area contributed by atoms with Crippen molar-refractivity contribution in [3.05, 3.63) is 65.7 Å². The Hall–Kier alpha value is -2.29. The molecule has 1 amide bonds. The number of benzene rings is 2. The molecule has 1 fully saturated rings. The highest BCUT2D eigenvalue weighted by atomic mass is 127. The number of para-hydroxylation sites is 1. The summed E-state index contributed by atoms with van der Waals surface area (Å²) in [7, 11) is 5.31. The number of hydrogen-bond donors (Lipinski definition) is 2. The van der Waals surface area contributed by atoms with Gasteiger partial charge in [0, 0.05) is 58.6 Å². The highest BCUT2D eigenvalue weighted by Gasteiger charge is 2.22. The van der Waals surface area contributed by atoms with Crippen LogP contribution in [0, 0.1) is 5.92 Å². The Kier molecular flexibility index (Phi) is 9.42. The first kappa shape index (κ1) is 24.0. The van der Waals surface area contributed by atoms with E-state index in [1.54, 1.807) is 26.0 Å². The van der Waals surface area contributed by atoms with Crippen LogP contribution < -0.4 is 15.5 Å². The van der Waals surface area contributed by atoms with Crippen molar-refractivity contribution in [2.45, 2.75) is 13.0 Å². The van der Waals surface area contributed by atoms with Crippen LogP contribution in [0.5, 0.6) is 0 Å². The number of nitrogens with zero attached hydrogens (tertiary/aromatic N) is 3. The number of carbonyl (C=O) groups excluding carboxylic acids is 1. The van der Waals surface area contributed by atoms with Gasteiger partial charge in [0.15, 0.2) is 5.96 Å². The van der Waals surface area contributed by atoms with Crippen molar-refractivity contribution in [1.29, 1.82) is 0 Å². The van der Waals surface area contributed by atoms with Crippen LogP contribution in [-0.2, 0) is 6.54 Å². The average Bonchev–Trinajstić information content (AvgIpc) is 3.23. The Morgan fingerprint density at radius 3 is 2.43 bits per heavy atom. The lowest BCUT2D eigenvalue weighted by Gasteiger charge is -2.19. The van der Waals surface area contributed by atoms with Crippen LogP contribution in [-0.4, -0.2) is 57.5 Å². The Morgan fingerprint density at radius 1 is 1.10 bits per heavy atom. The van der Waals surface area contributed by atoms with E-state index in [-0.39, 0.29) is 29.9 Å². The molecule has 2 aromatic rings. The van der Waals surface area contributed by atoms with Gasteiger partial charge in [-0.2, -0.15) is 0 Å². The zero-order valence-corrected chi connectivity index (χ0v) is 20.3. The second-order valence-corrected chi connectivity index (χ2v) is 7.64. The number of amides is 1. The lowest BCUT2D eigenvalue weighted by molar-refractivity contribution is 0.0827. The molecule has 0 bridgehead atoms. The topological polar surface area (TPSA) is 60.0 Å². The summed E-state index contributed by atoms with van der Waals surface area (Å²) in [5, 5.41) is 6.80. The Bertz CT molecular complexity index is 823. The monoisotopic (exact) mass is 521 g/mol. The number of rotatable bonds is 6. The van der Waals surface area contributed by atoms with Gasteiger partial charge in [-0.3, -0.25) is 9.79 Å². The van der Waals surface area contributed by atoms with E-state index in [1.807, 2.05) is 24.3 Å². The molecule has 0 radical (unpaired) electrons. The quantitative estimate of drug-likeness (QED) is 0.349. The van der Waals surface area contributed by atoms with Gasteiger partial charge in [0.05, 0.1) is 0 Å². The fourth-order valence-corrected chi connectivity index (χ4v) is 3.54. The molecule has 3 rings (SSSR count). The summed E-state index contributed by atoms with van der Waals surface area (Å²) in [6.45, 7) is 3.73. The van der Waals surface area contributed by atoms with Gasteiger partial charge in [0.25, 0.3) is 5.91 Å². The van der Waals surface area contributed by atoms with Gasteiger partial charge in [-0.1, -0.05) is 30.3 Å². The lowest BCUT2D eigenvalue weighted by Crippen LogP contribution is -2.39. The summed E-state index contributed by atoms with van der Waals surface area (Å²) in [6, 6.07) is 18.3. The number of anilines is 1. The standard InChI is InChI=1S/C23H31N5O.HI/c1-24-23(25-15-18-9-11-20(12-10-18)22(29)27(2)3)26-16-19-13-14-28(17-19)21-7-5-4-6-8-21;/h4-12,19H,13-17H2,1-3H3,(H2,24,25,26);1H. The maximum Gasteiger partial charge on any atom is 0.253 e. The van der Waals surface area contributed by atoms with Crippen LogP contribution in [0.2, 0.25) is 0 Å². The third kappa shape index (κ3) is 6.62. The number of aliphatic imine (C=N–C) groups is 1. The molecular formula is C23H32IN5O. The summed E-state index contributed by atoms with van der Waals surface area (Å²) in [6.07, 6.45) is 1.18. The minimum absolute atomic E-state index is 0. The molecule has 1 heterocycles. The van der Waals surface area contributed by atoms with E-state index in [0.29, 0.717) is 18.0 Å². The molecule has 6 nitrogen and oxygen atoms in total. The first-order valence-corrected chi connectivity index (χ1v) is 10.1. The van der Waals surface area contributed by atoms with Crippen LogP contribution in [0.3, 0.4) is 0 Å². The van der Waals surface area contributed by atoms with Crippen molar-refractivity contribution >= 4 is 41.5 Å². The number of carbonyl (C=O) groups is 1. The summed E-state index contributed by atoms with van der Waals surface area (Å²) in [5.41, 5.74) is 3.11. The molecule has 162 valence electrons. The van der Waals surface area contributed by atoms with E-state index < -0.39 is 0 Å². The molecule has 30 heavy (non-hydrogen) atoms. The van der Waals surface area contributed by atoms with Gasteiger partial charge in [0.2, 0.25) is 0 Å². The summed E-state index contributed by atoms with van der Waals surface area (Å²) in [4.78, 5) is 20.3. The first-order valence-electron chi connectivity index (χ1n) is 10.1. The van der Waals surface area contributed by atoms with Crippen LogP contribution in [0.4, 0.5) is 5.69 Å². The van der Waals surface area contributed by atoms with Crippen LogP contribution >= 0.6 is 24.0 Å². The average molecular weight is 521 g/mol. The molecule has 0 spiro atoms. The van der Waals surface area contributed by atoms with E-state index in [1.165, 1.54) is 12.1 Å². The van der Waals surface area contributed by atoms with Crippen LogP contribution in [0.1, 0.15) is 22.3 Å². The van der Waals surface area contributed by atoms with Gasteiger partial charge >= 0.3 is 0 Å². The molecule has 0 aromatic heterocycles. The van der Waals surface area contributed by atoms with Crippen molar-refractivity contribution in [1.82, 2.24) is 15.5 Å². The normalized spacial score (nSPS) is 16.0. The lowest BCUT2D eigenvalue weighted by atomic mass is 10.1. The fraction of sp³-hybridized carbons (Fsp3) is 0.391. The van der Waals surface area contributed by atoms with Crippen molar-refractivity contribution < 1.29 is 4.79 Å². The number of nitrogens with one attached hydrogen (secondary N) is 2. The van der Waals surface area contributed by atoms with Crippen LogP contribution in [0.15, 0.2) is 59.6 Å². The maximum atomic E-state index is 12.0. The largest absolute Gasteiger partial charge is 0.371 e. The van der Waals surface area contributed by atoms with E-state index in [0.717, 1.165) is 31.2 Å². The third-order valence-electron chi connectivity index (χ3n) is 5.26. The van der Waals surface area contributed by atoms with Gasteiger partial charge in [-0.25, -0.2) is 0 Å². The second-order valence-electron chi connectivity index (χ2n) is 7.64. The minimum atomic E-state index is 0. The van der Waals surface area contributed by atoms with Gasteiger partial charge in [-0.05, 0) is 42.2 Å². The van der Waals surface area contributed by atoms with Crippen LogP contribution in [0.25, 0.3) is 0 Å². The van der Waals surface area contributed by atoms with Gasteiger partial charge in [-0.15, -0.1) is 24.0 Å². The highest BCUT2D eigenvalue weighted by Crippen LogP contribution is 2.22. The first-order chi connectivity index (χ1) is 14.1. The predicted molar refractivity (Wildman–Crippen MR) is 135 cm³/mol. The zero-order valence-electron chi connectivity index (χ0n) is 18.0. The van der Waals surface area contributed by atoms with E-state index >= 15 is 0 Å². The summed E-state index contributed by atoms with van der Waals surface area (Å²) < 4.78 is 0. The fourth-order valence-electron chi connectivity index (χ4n) is 3.54. The molecule has 1 unspecified atom stereocenters. The van der Waals surface area contributed by atoms with Crippen molar-refractivity contribution in [2.24, 2.45) is 10.9 Å².